The summed E-state index contributed by atoms with van der Waals surface area (Å²) in [6.45, 7) is 0. The molecule has 0 fully saturated rings. The minimum absolute atomic E-state index is 0. The minimum atomic E-state index is -0.135. The summed E-state index contributed by atoms with van der Waals surface area (Å²) in [4.78, 5) is 12.2. The molecule has 0 aromatic heterocycles. The Balaban J connectivity index is 0.00000312. The molecule has 0 saturated heterocycles. The van der Waals surface area contributed by atoms with E-state index in [4.69, 9.17) is 19.9 Å². The molecule has 6 nitrogen and oxygen atoms in total. The second-order valence-corrected chi connectivity index (χ2v) is 5.13. The van der Waals surface area contributed by atoms with Gasteiger partial charge in [0.25, 0.3) is 0 Å². The number of carbonyl (C=O) groups excluding carboxylic acids is 1. The fourth-order valence-electron chi connectivity index (χ4n) is 2.42. The first-order valence-corrected chi connectivity index (χ1v) is 7.53. The number of methoxy groups -OCH3 is 3. The largest absolute Gasteiger partial charge is 0.493 e. The number of nitrogens with one attached hydrogen (secondary N) is 1. The number of rotatable bonds is 7. The third-order valence-corrected chi connectivity index (χ3v) is 3.65. The lowest BCUT2D eigenvalue weighted by Crippen LogP contribution is -2.14. The fourth-order valence-corrected chi connectivity index (χ4v) is 2.42. The molecule has 3 N–H and O–H groups in total. The van der Waals surface area contributed by atoms with Gasteiger partial charge in [-0.1, -0.05) is 18.2 Å². The number of aryl methyl sites for hydroxylation is 1. The van der Waals surface area contributed by atoms with Gasteiger partial charge in [0, 0.05) is 12.1 Å². The van der Waals surface area contributed by atoms with Crippen LogP contribution in [0.2, 0.25) is 0 Å². The Morgan fingerprint density at radius 2 is 1.68 bits per heavy atom. The molecular weight excluding hydrogens is 344 g/mol. The smallest absolute Gasteiger partial charge is 0.224 e. The Hall–Kier alpha value is -2.60. The molecule has 0 atom stereocenters. The van der Waals surface area contributed by atoms with Crippen LogP contribution in [0.3, 0.4) is 0 Å². The number of hydrogen-bond donors (Lipinski definition) is 2. The van der Waals surface area contributed by atoms with E-state index in [1.807, 2.05) is 24.3 Å². The van der Waals surface area contributed by atoms with Crippen molar-refractivity contribution in [3.8, 4) is 17.2 Å². The average Bonchev–Trinajstić information content (AvgIpc) is 2.60. The zero-order valence-corrected chi connectivity index (χ0v) is 15.3. The van der Waals surface area contributed by atoms with Crippen LogP contribution >= 0.6 is 12.4 Å². The van der Waals surface area contributed by atoms with Gasteiger partial charge in [-0.05, 0) is 30.2 Å². The normalized spacial score (nSPS) is 9.72. The number of ether oxygens (including phenoxy) is 3. The summed E-state index contributed by atoms with van der Waals surface area (Å²) in [6, 6.07) is 10.9. The Morgan fingerprint density at radius 3 is 2.28 bits per heavy atom. The predicted molar refractivity (Wildman–Crippen MR) is 101 cm³/mol. The van der Waals surface area contributed by atoms with Gasteiger partial charge in [0.05, 0.1) is 27.0 Å². The Labute approximate surface area is 153 Å². The maximum atomic E-state index is 12.2. The molecule has 2 rings (SSSR count). The van der Waals surface area contributed by atoms with Crippen LogP contribution in [0, 0.1) is 0 Å². The third kappa shape index (κ3) is 4.93. The predicted octanol–water partition coefficient (Wildman–Crippen LogP) is 3.29. The molecule has 136 valence electrons. The Kier molecular flexibility index (Phi) is 7.88. The lowest BCUT2D eigenvalue weighted by Gasteiger charge is -2.16. The van der Waals surface area contributed by atoms with E-state index in [-0.39, 0.29) is 18.3 Å². The number of hydrogen-bond acceptors (Lipinski definition) is 5. The summed E-state index contributed by atoms with van der Waals surface area (Å²) in [5, 5.41) is 2.84. The average molecular weight is 367 g/mol. The van der Waals surface area contributed by atoms with Gasteiger partial charge in [0.2, 0.25) is 11.7 Å². The van der Waals surface area contributed by atoms with Crippen LogP contribution in [-0.2, 0) is 11.2 Å². The van der Waals surface area contributed by atoms with Crippen molar-refractivity contribution in [3.05, 3.63) is 42.0 Å². The highest BCUT2D eigenvalue weighted by Gasteiger charge is 2.17. The third-order valence-electron chi connectivity index (χ3n) is 3.65. The zero-order valence-electron chi connectivity index (χ0n) is 14.5. The monoisotopic (exact) mass is 366 g/mol. The van der Waals surface area contributed by atoms with Crippen LogP contribution < -0.4 is 25.3 Å². The quantitative estimate of drug-likeness (QED) is 0.735. The van der Waals surface area contributed by atoms with Crippen LogP contribution in [0.25, 0.3) is 0 Å². The molecule has 0 aliphatic carbocycles. The van der Waals surface area contributed by atoms with E-state index in [1.54, 1.807) is 19.2 Å². The van der Waals surface area contributed by atoms with E-state index in [1.165, 1.54) is 14.2 Å². The number of para-hydroxylation sites is 1. The molecule has 0 aliphatic rings. The number of anilines is 2. The van der Waals surface area contributed by atoms with Crippen molar-refractivity contribution in [3.63, 3.8) is 0 Å². The van der Waals surface area contributed by atoms with Gasteiger partial charge in [-0.2, -0.15) is 0 Å². The molecule has 0 radical (unpaired) electrons. The van der Waals surface area contributed by atoms with E-state index in [2.05, 4.69) is 5.32 Å². The van der Waals surface area contributed by atoms with Crippen LogP contribution in [0.4, 0.5) is 11.4 Å². The molecule has 0 aliphatic heterocycles. The minimum Gasteiger partial charge on any atom is -0.493 e. The van der Waals surface area contributed by atoms with Gasteiger partial charge in [-0.3, -0.25) is 4.79 Å². The van der Waals surface area contributed by atoms with Crippen molar-refractivity contribution in [2.75, 3.05) is 32.4 Å². The van der Waals surface area contributed by atoms with Gasteiger partial charge in [-0.25, -0.2) is 0 Å². The van der Waals surface area contributed by atoms with E-state index in [0.717, 1.165) is 5.56 Å². The van der Waals surface area contributed by atoms with Gasteiger partial charge >= 0.3 is 0 Å². The molecular formula is C18H23ClN2O4. The SMILES string of the molecule is COc1ccc(NC(=O)CCc2ccccc2N)c(OC)c1OC.Cl. The molecule has 0 saturated carbocycles. The summed E-state index contributed by atoms with van der Waals surface area (Å²) >= 11 is 0. The van der Waals surface area contributed by atoms with Gasteiger partial charge in [0.1, 0.15) is 0 Å². The standard InChI is InChI=1S/C18H22N2O4.ClH/c1-22-15-10-9-14(17(23-2)18(15)24-3)20-16(21)11-8-12-6-4-5-7-13(12)19;/h4-7,9-10H,8,11,19H2,1-3H3,(H,20,21);1H. The number of nitrogens with two attached hydrogens (primary N) is 1. The van der Waals surface area contributed by atoms with Crippen LogP contribution in [0.5, 0.6) is 17.2 Å². The first-order valence-electron chi connectivity index (χ1n) is 7.53. The number of benzene rings is 2. The van der Waals surface area contributed by atoms with Crippen molar-refractivity contribution < 1.29 is 19.0 Å². The van der Waals surface area contributed by atoms with Crippen molar-refractivity contribution in [1.29, 1.82) is 0 Å². The number of halogens is 1. The van der Waals surface area contributed by atoms with Gasteiger partial charge < -0.3 is 25.3 Å². The van der Waals surface area contributed by atoms with Gasteiger partial charge in [0.15, 0.2) is 11.5 Å². The fraction of sp³-hybridized carbons (Fsp3) is 0.278. The second-order valence-electron chi connectivity index (χ2n) is 5.13. The first-order chi connectivity index (χ1) is 11.6. The molecule has 7 heteroatoms. The molecule has 1 amide bonds. The van der Waals surface area contributed by atoms with Crippen molar-refractivity contribution in [2.24, 2.45) is 0 Å². The molecule has 2 aromatic rings. The lowest BCUT2D eigenvalue weighted by molar-refractivity contribution is -0.116. The van der Waals surface area contributed by atoms with E-state index < -0.39 is 0 Å². The maximum Gasteiger partial charge on any atom is 0.224 e. The van der Waals surface area contributed by atoms with Crippen molar-refractivity contribution >= 4 is 29.7 Å². The van der Waals surface area contributed by atoms with Crippen molar-refractivity contribution in [1.82, 2.24) is 0 Å². The Morgan fingerprint density at radius 1 is 1.00 bits per heavy atom. The lowest BCUT2D eigenvalue weighted by atomic mass is 10.1. The molecule has 0 heterocycles. The summed E-state index contributed by atoms with van der Waals surface area (Å²) < 4.78 is 15.9. The highest BCUT2D eigenvalue weighted by molar-refractivity contribution is 5.93. The zero-order chi connectivity index (χ0) is 17.5. The number of carbonyl (C=O) groups is 1. The van der Waals surface area contributed by atoms with Crippen molar-refractivity contribution in [2.45, 2.75) is 12.8 Å². The summed E-state index contributed by atoms with van der Waals surface area (Å²) in [5.41, 5.74) is 8.06. The van der Waals surface area contributed by atoms with Crippen LogP contribution in [0.1, 0.15) is 12.0 Å². The highest BCUT2D eigenvalue weighted by atomic mass is 35.5. The number of nitrogen functional groups attached to an aromatic ring is 1. The summed E-state index contributed by atoms with van der Waals surface area (Å²) in [6.07, 6.45) is 0.875. The first kappa shape index (κ1) is 20.4. The van der Waals surface area contributed by atoms with E-state index in [9.17, 15) is 4.79 Å². The second kappa shape index (κ2) is 9.64. The Bertz CT molecular complexity index is 722. The molecule has 0 unspecified atom stereocenters. The van der Waals surface area contributed by atoms with E-state index in [0.29, 0.717) is 41.5 Å². The topological polar surface area (TPSA) is 82.8 Å². The van der Waals surface area contributed by atoms with E-state index >= 15 is 0 Å². The summed E-state index contributed by atoms with van der Waals surface area (Å²) in [7, 11) is 4.57. The molecule has 2 aromatic carbocycles. The van der Waals surface area contributed by atoms with Crippen LogP contribution in [-0.4, -0.2) is 27.2 Å². The molecule has 25 heavy (non-hydrogen) atoms. The number of amides is 1. The molecule has 0 spiro atoms. The maximum absolute atomic E-state index is 12.2. The summed E-state index contributed by atoms with van der Waals surface area (Å²) in [5.74, 6) is 1.25. The molecule has 0 bridgehead atoms. The van der Waals surface area contributed by atoms with Gasteiger partial charge in [-0.15, -0.1) is 12.4 Å². The highest BCUT2D eigenvalue weighted by Crippen LogP contribution is 2.42. The van der Waals surface area contributed by atoms with Crippen LogP contribution in [0.15, 0.2) is 36.4 Å².